The number of hydrogen-bond acceptors (Lipinski definition) is 4. The van der Waals surface area contributed by atoms with E-state index in [2.05, 4.69) is 15.9 Å². The molecule has 0 heterocycles. The fraction of sp³-hybridized carbons (Fsp3) is 0.250. The third-order valence-electron chi connectivity index (χ3n) is 3.38. The van der Waals surface area contributed by atoms with Gasteiger partial charge in [-0.2, -0.15) is 4.31 Å². The van der Waals surface area contributed by atoms with Crippen molar-refractivity contribution in [2.45, 2.75) is 11.4 Å². The minimum Gasteiger partial charge on any atom is -0.493 e. The van der Waals surface area contributed by atoms with Crippen LogP contribution in [0.2, 0.25) is 0 Å². The molecule has 0 bridgehead atoms. The summed E-state index contributed by atoms with van der Waals surface area (Å²) in [6.45, 7) is 0.235. The molecule has 0 aliphatic carbocycles. The van der Waals surface area contributed by atoms with E-state index < -0.39 is 10.0 Å². The number of nitrogens with zero attached hydrogens (tertiary/aromatic N) is 1. The maximum atomic E-state index is 12.6. The zero-order valence-electron chi connectivity index (χ0n) is 13.1. The van der Waals surface area contributed by atoms with Gasteiger partial charge in [0.15, 0.2) is 11.5 Å². The van der Waals surface area contributed by atoms with E-state index in [0.717, 1.165) is 10.0 Å². The molecule has 0 aromatic heterocycles. The molecule has 2 aromatic carbocycles. The number of benzene rings is 2. The molecule has 0 aliphatic heterocycles. The Kier molecular flexibility index (Phi) is 5.67. The summed E-state index contributed by atoms with van der Waals surface area (Å²) in [5, 5.41) is 0. The van der Waals surface area contributed by atoms with Gasteiger partial charge in [0.1, 0.15) is 0 Å². The van der Waals surface area contributed by atoms with E-state index in [9.17, 15) is 8.42 Å². The fourth-order valence-electron chi connectivity index (χ4n) is 2.11. The molecular weight excluding hydrogens is 382 g/mol. The Balaban J connectivity index is 2.24. The maximum Gasteiger partial charge on any atom is 0.243 e. The SMILES string of the molecule is COc1ccc(CN(C)S(=O)(=O)c2ccc(Br)cc2)cc1OC. The van der Waals surface area contributed by atoms with Gasteiger partial charge in [0.05, 0.1) is 19.1 Å². The molecule has 0 spiro atoms. The van der Waals surface area contributed by atoms with E-state index in [1.54, 1.807) is 57.7 Å². The zero-order chi connectivity index (χ0) is 17.0. The molecule has 5 nitrogen and oxygen atoms in total. The van der Waals surface area contributed by atoms with Gasteiger partial charge in [0, 0.05) is 18.1 Å². The summed E-state index contributed by atoms with van der Waals surface area (Å²) in [6.07, 6.45) is 0. The van der Waals surface area contributed by atoms with Gasteiger partial charge in [-0.15, -0.1) is 0 Å². The molecule has 0 unspecified atom stereocenters. The third-order valence-corrected chi connectivity index (χ3v) is 5.72. The van der Waals surface area contributed by atoms with Crippen LogP contribution in [0.5, 0.6) is 11.5 Å². The van der Waals surface area contributed by atoms with Crippen LogP contribution >= 0.6 is 15.9 Å². The van der Waals surface area contributed by atoms with Crippen LogP contribution in [0.3, 0.4) is 0 Å². The van der Waals surface area contributed by atoms with Crippen LogP contribution in [0, 0.1) is 0 Å². The summed E-state index contributed by atoms with van der Waals surface area (Å²) in [6, 6.07) is 11.9. The second kappa shape index (κ2) is 7.33. The number of methoxy groups -OCH3 is 2. The molecule has 2 aromatic rings. The van der Waals surface area contributed by atoms with Crippen LogP contribution in [0.15, 0.2) is 51.8 Å². The lowest BCUT2D eigenvalue weighted by molar-refractivity contribution is 0.354. The van der Waals surface area contributed by atoms with E-state index in [-0.39, 0.29) is 11.4 Å². The predicted octanol–water partition coefficient (Wildman–Crippen LogP) is 3.29. The summed E-state index contributed by atoms with van der Waals surface area (Å²) in [4.78, 5) is 0.253. The number of halogens is 1. The van der Waals surface area contributed by atoms with Crippen LogP contribution in [-0.2, 0) is 16.6 Å². The van der Waals surface area contributed by atoms with Crippen molar-refractivity contribution in [2.24, 2.45) is 0 Å². The Bertz CT molecular complexity index is 775. The first-order valence-corrected chi connectivity index (χ1v) is 9.04. The summed E-state index contributed by atoms with van der Waals surface area (Å²) < 4.78 is 37.7. The Hall–Kier alpha value is -1.57. The Morgan fingerprint density at radius 2 is 1.61 bits per heavy atom. The molecule has 2 rings (SSSR count). The second-order valence-corrected chi connectivity index (χ2v) is 7.86. The van der Waals surface area contributed by atoms with E-state index in [1.807, 2.05) is 6.07 Å². The molecule has 7 heteroatoms. The molecule has 23 heavy (non-hydrogen) atoms. The van der Waals surface area contributed by atoms with Gasteiger partial charge in [0.25, 0.3) is 0 Å². The highest BCUT2D eigenvalue weighted by molar-refractivity contribution is 9.10. The molecule has 0 amide bonds. The normalized spacial score (nSPS) is 11.5. The van der Waals surface area contributed by atoms with Crippen LogP contribution in [-0.4, -0.2) is 34.0 Å². The number of sulfonamides is 1. The van der Waals surface area contributed by atoms with Crippen molar-refractivity contribution in [1.29, 1.82) is 0 Å². The average Bonchev–Trinajstić information content (AvgIpc) is 2.55. The van der Waals surface area contributed by atoms with Crippen molar-refractivity contribution in [3.05, 3.63) is 52.5 Å². The van der Waals surface area contributed by atoms with E-state index in [4.69, 9.17) is 9.47 Å². The topological polar surface area (TPSA) is 55.8 Å². The van der Waals surface area contributed by atoms with E-state index in [1.165, 1.54) is 4.31 Å². The van der Waals surface area contributed by atoms with Gasteiger partial charge in [-0.3, -0.25) is 0 Å². The first-order chi connectivity index (χ1) is 10.9. The highest BCUT2D eigenvalue weighted by Crippen LogP contribution is 2.28. The Morgan fingerprint density at radius 1 is 1.00 bits per heavy atom. The summed E-state index contributed by atoms with van der Waals surface area (Å²) >= 11 is 3.30. The maximum absolute atomic E-state index is 12.6. The smallest absolute Gasteiger partial charge is 0.243 e. The van der Waals surface area contributed by atoms with Gasteiger partial charge in [-0.1, -0.05) is 22.0 Å². The van der Waals surface area contributed by atoms with Gasteiger partial charge in [-0.05, 0) is 42.0 Å². The Labute approximate surface area is 145 Å². The summed E-state index contributed by atoms with van der Waals surface area (Å²) in [5.74, 6) is 1.18. The van der Waals surface area contributed by atoms with Crippen molar-refractivity contribution in [1.82, 2.24) is 4.31 Å². The summed E-state index contributed by atoms with van der Waals surface area (Å²) in [7, 11) is 1.10. The standard InChI is InChI=1S/C16H18BrNO4S/c1-18(23(19,20)14-7-5-13(17)6-8-14)11-12-4-9-15(21-2)16(10-12)22-3/h4-10H,11H2,1-3H3. The van der Waals surface area contributed by atoms with Gasteiger partial charge in [-0.25, -0.2) is 8.42 Å². The number of rotatable bonds is 6. The van der Waals surface area contributed by atoms with Crippen LogP contribution in [0.1, 0.15) is 5.56 Å². The van der Waals surface area contributed by atoms with Gasteiger partial charge >= 0.3 is 0 Å². The van der Waals surface area contributed by atoms with Crippen molar-refractivity contribution in [2.75, 3.05) is 21.3 Å². The molecule has 0 aliphatic rings. The first kappa shape index (κ1) is 17.8. The molecule has 0 saturated carbocycles. The van der Waals surface area contributed by atoms with Gasteiger partial charge in [0.2, 0.25) is 10.0 Å². The molecule has 0 radical (unpaired) electrons. The van der Waals surface area contributed by atoms with E-state index >= 15 is 0 Å². The largest absolute Gasteiger partial charge is 0.493 e. The van der Waals surface area contributed by atoms with E-state index in [0.29, 0.717) is 11.5 Å². The fourth-order valence-corrected chi connectivity index (χ4v) is 3.53. The molecule has 0 saturated heterocycles. The quantitative estimate of drug-likeness (QED) is 0.747. The van der Waals surface area contributed by atoms with Crippen LogP contribution in [0.25, 0.3) is 0 Å². The van der Waals surface area contributed by atoms with Crippen molar-refractivity contribution >= 4 is 26.0 Å². The Morgan fingerprint density at radius 3 is 2.17 bits per heavy atom. The van der Waals surface area contributed by atoms with Crippen molar-refractivity contribution in [3.8, 4) is 11.5 Å². The second-order valence-electron chi connectivity index (χ2n) is 4.90. The molecule has 0 atom stereocenters. The molecule has 124 valence electrons. The van der Waals surface area contributed by atoms with Crippen molar-refractivity contribution < 1.29 is 17.9 Å². The first-order valence-electron chi connectivity index (χ1n) is 6.81. The van der Waals surface area contributed by atoms with Crippen LogP contribution < -0.4 is 9.47 Å². The molecule has 0 N–H and O–H groups in total. The number of hydrogen-bond donors (Lipinski definition) is 0. The monoisotopic (exact) mass is 399 g/mol. The molecular formula is C16H18BrNO4S. The summed E-state index contributed by atoms with van der Waals surface area (Å²) in [5.41, 5.74) is 0.811. The highest BCUT2D eigenvalue weighted by atomic mass is 79.9. The number of ether oxygens (including phenoxy) is 2. The lowest BCUT2D eigenvalue weighted by Crippen LogP contribution is -2.26. The van der Waals surface area contributed by atoms with Crippen LogP contribution in [0.4, 0.5) is 0 Å². The molecule has 0 fully saturated rings. The lowest BCUT2D eigenvalue weighted by atomic mass is 10.2. The highest BCUT2D eigenvalue weighted by Gasteiger charge is 2.21. The average molecular weight is 400 g/mol. The lowest BCUT2D eigenvalue weighted by Gasteiger charge is -2.18. The third kappa shape index (κ3) is 4.04. The zero-order valence-corrected chi connectivity index (χ0v) is 15.5. The predicted molar refractivity (Wildman–Crippen MR) is 92.3 cm³/mol. The van der Waals surface area contributed by atoms with Crippen molar-refractivity contribution in [3.63, 3.8) is 0 Å². The minimum atomic E-state index is -3.55. The minimum absolute atomic E-state index is 0.235. The van der Waals surface area contributed by atoms with Gasteiger partial charge < -0.3 is 9.47 Å².